The van der Waals surface area contributed by atoms with Gasteiger partial charge in [0, 0.05) is 34.9 Å². The van der Waals surface area contributed by atoms with Crippen molar-refractivity contribution in [3.8, 4) is 17.1 Å². The molecule has 0 saturated carbocycles. The number of carbonyl (C=O) groups excluding carboxylic acids is 1. The molecular formula is C22H22N4O2S. The van der Waals surface area contributed by atoms with Crippen molar-refractivity contribution in [2.24, 2.45) is 0 Å². The predicted molar refractivity (Wildman–Crippen MR) is 113 cm³/mol. The quantitative estimate of drug-likeness (QED) is 0.516. The van der Waals surface area contributed by atoms with Gasteiger partial charge in [0.25, 0.3) is 0 Å². The van der Waals surface area contributed by atoms with Gasteiger partial charge in [-0.05, 0) is 32.4 Å². The van der Waals surface area contributed by atoms with Crippen LogP contribution in [0.1, 0.15) is 27.7 Å². The van der Waals surface area contributed by atoms with E-state index in [2.05, 4.69) is 21.1 Å². The number of amides is 1. The Balaban J connectivity index is 1.47. The molecular weight excluding hydrogens is 384 g/mol. The summed E-state index contributed by atoms with van der Waals surface area (Å²) in [5.41, 5.74) is 5.09. The minimum absolute atomic E-state index is 0.0294. The molecule has 0 fully saturated rings. The number of aromatic nitrogens is 3. The average Bonchev–Trinajstić information content (AvgIpc) is 3.40. The second kappa shape index (κ2) is 8.05. The molecule has 29 heavy (non-hydrogen) atoms. The van der Waals surface area contributed by atoms with Gasteiger partial charge in [0.05, 0.1) is 12.1 Å². The summed E-state index contributed by atoms with van der Waals surface area (Å²) in [4.78, 5) is 17.0. The van der Waals surface area contributed by atoms with E-state index in [-0.39, 0.29) is 12.3 Å². The first-order valence-electron chi connectivity index (χ1n) is 9.39. The molecule has 0 bridgehead atoms. The van der Waals surface area contributed by atoms with Crippen LogP contribution in [0.4, 0.5) is 0 Å². The van der Waals surface area contributed by atoms with E-state index in [9.17, 15) is 4.79 Å². The predicted octanol–water partition coefficient (Wildman–Crippen LogP) is 4.37. The summed E-state index contributed by atoms with van der Waals surface area (Å²) in [6.45, 7) is 6.47. The first-order valence-corrected chi connectivity index (χ1v) is 10.3. The molecule has 148 valence electrons. The molecule has 0 unspecified atom stereocenters. The summed E-state index contributed by atoms with van der Waals surface area (Å²) in [6.07, 6.45) is 0.277. The molecule has 1 aromatic carbocycles. The van der Waals surface area contributed by atoms with Gasteiger partial charge in [-0.1, -0.05) is 35.5 Å². The van der Waals surface area contributed by atoms with Crippen molar-refractivity contribution in [2.45, 2.75) is 33.7 Å². The Labute approximate surface area is 173 Å². The number of nitrogens with zero attached hydrogens (tertiary/aromatic N) is 3. The van der Waals surface area contributed by atoms with Gasteiger partial charge < -0.3 is 9.84 Å². The van der Waals surface area contributed by atoms with Crippen LogP contribution >= 0.6 is 11.3 Å². The summed E-state index contributed by atoms with van der Waals surface area (Å²) in [5, 5.41) is 9.87. The molecule has 1 amide bonds. The fourth-order valence-electron chi connectivity index (χ4n) is 3.35. The molecule has 0 atom stereocenters. The lowest BCUT2D eigenvalue weighted by Crippen LogP contribution is -2.24. The third kappa shape index (κ3) is 4.14. The Morgan fingerprint density at radius 3 is 2.69 bits per heavy atom. The highest BCUT2D eigenvalue weighted by Crippen LogP contribution is 2.30. The Kier molecular flexibility index (Phi) is 5.31. The Morgan fingerprint density at radius 2 is 1.97 bits per heavy atom. The molecule has 3 aromatic heterocycles. The number of thiazole rings is 1. The van der Waals surface area contributed by atoms with Gasteiger partial charge in [-0.15, -0.1) is 11.3 Å². The van der Waals surface area contributed by atoms with Crippen LogP contribution in [0.15, 0.2) is 52.4 Å². The number of aryl methyl sites for hydroxylation is 2. The van der Waals surface area contributed by atoms with Crippen LogP contribution in [0.5, 0.6) is 0 Å². The van der Waals surface area contributed by atoms with Crippen molar-refractivity contribution < 1.29 is 9.32 Å². The number of carbonyl (C=O) groups is 1. The fourth-order valence-corrected chi connectivity index (χ4v) is 4.14. The molecule has 0 aliphatic carbocycles. The van der Waals surface area contributed by atoms with Crippen LogP contribution in [-0.2, 0) is 17.8 Å². The van der Waals surface area contributed by atoms with Gasteiger partial charge in [0.1, 0.15) is 10.8 Å². The highest BCUT2D eigenvalue weighted by Gasteiger charge is 2.17. The number of nitrogens with one attached hydrogen (secondary N) is 1. The summed E-state index contributed by atoms with van der Waals surface area (Å²) >= 11 is 1.50. The Morgan fingerprint density at radius 1 is 1.17 bits per heavy atom. The summed E-state index contributed by atoms with van der Waals surface area (Å²) < 4.78 is 7.27. The van der Waals surface area contributed by atoms with Gasteiger partial charge in [-0.2, -0.15) is 0 Å². The van der Waals surface area contributed by atoms with Gasteiger partial charge in [-0.25, -0.2) is 4.98 Å². The molecule has 0 radical (unpaired) electrons. The minimum Gasteiger partial charge on any atom is -0.360 e. The molecule has 0 spiro atoms. The summed E-state index contributed by atoms with van der Waals surface area (Å²) in [7, 11) is 0. The van der Waals surface area contributed by atoms with E-state index in [4.69, 9.17) is 9.51 Å². The summed E-state index contributed by atoms with van der Waals surface area (Å²) in [6, 6.07) is 13.9. The maximum Gasteiger partial charge on any atom is 0.227 e. The topological polar surface area (TPSA) is 73.0 Å². The summed E-state index contributed by atoms with van der Waals surface area (Å²) in [5.74, 6) is 1.50. The maximum atomic E-state index is 12.3. The molecule has 6 nitrogen and oxygen atoms in total. The normalized spacial score (nSPS) is 11.0. The van der Waals surface area contributed by atoms with E-state index in [1.807, 2.05) is 62.5 Å². The van der Waals surface area contributed by atoms with E-state index in [0.717, 1.165) is 44.8 Å². The standard InChI is InChI=1S/C22H22N4O2S/c1-14-9-18(16(3)26(14)20-10-15(2)28-25-20)19-13-29-22(24-19)11-21(27)23-12-17-7-5-4-6-8-17/h4-10,13H,11-12H2,1-3H3,(H,23,27). The van der Waals surface area contributed by atoms with E-state index in [1.165, 1.54) is 11.3 Å². The minimum atomic E-state index is -0.0294. The zero-order valence-electron chi connectivity index (χ0n) is 16.6. The highest BCUT2D eigenvalue weighted by atomic mass is 32.1. The van der Waals surface area contributed by atoms with Gasteiger partial charge in [0.15, 0.2) is 5.82 Å². The lowest BCUT2D eigenvalue weighted by Gasteiger charge is -2.04. The lowest BCUT2D eigenvalue weighted by atomic mass is 10.2. The van der Waals surface area contributed by atoms with E-state index in [1.54, 1.807) is 0 Å². The van der Waals surface area contributed by atoms with Crippen LogP contribution in [0.3, 0.4) is 0 Å². The maximum absolute atomic E-state index is 12.3. The van der Waals surface area contributed by atoms with E-state index >= 15 is 0 Å². The van der Waals surface area contributed by atoms with E-state index < -0.39 is 0 Å². The lowest BCUT2D eigenvalue weighted by molar-refractivity contribution is -0.120. The molecule has 0 saturated heterocycles. The second-order valence-electron chi connectivity index (χ2n) is 6.98. The molecule has 0 aliphatic rings. The van der Waals surface area contributed by atoms with Crippen LogP contribution in [0, 0.1) is 20.8 Å². The molecule has 4 aromatic rings. The molecule has 7 heteroatoms. The number of benzene rings is 1. The first-order chi connectivity index (χ1) is 14.0. The largest absolute Gasteiger partial charge is 0.360 e. The van der Waals surface area contributed by atoms with Gasteiger partial charge in [-0.3, -0.25) is 9.36 Å². The SMILES string of the molecule is Cc1cc(-n2c(C)cc(-c3csc(CC(=O)NCc4ccccc4)n3)c2C)no1. The van der Waals surface area contributed by atoms with Crippen LogP contribution in [0.2, 0.25) is 0 Å². The zero-order chi connectivity index (χ0) is 20.4. The van der Waals surface area contributed by atoms with E-state index in [0.29, 0.717) is 6.54 Å². The highest BCUT2D eigenvalue weighted by molar-refractivity contribution is 7.10. The Bertz CT molecular complexity index is 1140. The van der Waals surface area contributed by atoms with Gasteiger partial charge in [0.2, 0.25) is 5.91 Å². The van der Waals surface area contributed by atoms with Gasteiger partial charge >= 0.3 is 0 Å². The number of hydrogen-bond acceptors (Lipinski definition) is 5. The van der Waals surface area contributed by atoms with Crippen molar-refractivity contribution >= 4 is 17.2 Å². The molecule has 4 rings (SSSR count). The third-order valence-electron chi connectivity index (χ3n) is 4.75. The third-order valence-corrected chi connectivity index (χ3v) is 5.60. The number of rotatable bonds is 6. The van der Waals surface area contributed by atoms with Crippen molar-refractivity contribution in [1.29, 1.82) is 0 Å². The number of hydrogen-bond donors (Lipinski definition) is 1. The molecule has 0 aliphatic heterocycles. The Hall–Kier alpha value is -3.19. The van der Waals surface area contributed by atoms with Crippen LogP contribution in [-0.4, -0.2) is 20.6 Å². The van der Waals surface area contributed by atoms with Crippen LogP contribution < -0.4 is 5.32 Å². The van der Waals surface area contributed by atoms with Crippen molar-refractivity contribution in [1.82, 2.24) is 20.0 Å². The van der Waals surface area contributed by atoms with Crippen LogP contribution in [0.25, 0.3) is 17.1 Å². The average molecular weight is 407 g/mol. The van der Waals surface area contributed by atoms with Crippen molar-refractivity contribution in [2.75, 3.05) is 0 Å². The zero-order valence-corrected chi connectivity index (χ0v) is 17.4. The van der Waals surface area contributed by atoms with Crippen molar-refractivity contribution in [3.63, 3.8) is 0 Å². The van der Waals surface area contributed by atoms with Crippen molar-refractivity contribution in [3.05, 3.63) is 75.6 Å². The fraction of sp³-hybridized carbons (Fsp3) is 0.227. The second-order valence-corrected chi connectivity index (χ2v) is 7.92. The smallest absolute Gasteiger partial charge is 0.227 e. The first kappa shape index (κ1) is 19.1. The molecule has 1 N–H and O–H groups in total. The molecule has 3 heterocycles. The monoisotopic (exact) mass is 406 g/mol.